The van der Waals surface area contributed by atoms with E-state index in [9.17, 15) is 4.79 Å². The molecule has 0 aliphatic carbocycles. The number of carbonyl (C=O) groups is 3. The van der Waals surface area contributed by atoms with Gasteiger partial charge in [0.2, 0.25) is 0 Å². The number of nitrogens with two attached hydrogens (primary N) is 1. The Balaban J connectivity index is 0.000000413. The Morgan fingerprint density at radius 2 is 1.75 bits per heavy atom. The minimum absolute atomic E-state index is 0.160. The SMILES string of the molecule is CCOC(=O)CC(N)c1ccc2c(c1)OCCO2.O=C(O)C(=O)O. The number of benzene rings is 1. The minimum Gasteiger partial charge on any atom is -0.486 e. The standard InChI is InChI=1S/C13H17NO4.C2H2O4/c1-2-16-13(15)8-10(14)9-3-4-11-12(7-9)18-6-5-17-11;3-1(4)2(5)6/h3-4,7,10H,2,5-6,8,14H2,1H3;(H,3,4)(H,5,6). The fourth-order valence-corrected chi connectivity index (χ4v) is 1.81. The van der Waals surface area contributed by atoms with Gasteiger partial charge in [-0.15, -0.1) is 0 Å². The monoisotopic (exact) mass is 341 g/mol. The Morgan fingerprint density at radius 3 is 2.29 bits per heavy atom. The lowest BCUT2D eigenvalue weighted by atomic mass is 10.0. The van der Waals surface area contributed by atoms with Gasteiger partial charge in [-0.3, -0.25) is 4.79 Å². The average molecular weight is 341 g/mol. The van der Waals surface area contributed by atoms with E-state index < -0.39 is 11.9 Å². The van der Waals surface area contributed by atoms with Crippen molar-refractivity contribution in [3.8, 4) is 11.5 Å². The lowest BCUT2D eigenvalue weighted by Gasteiger charge is -2.20. The molecule has 1 aliphatic rings. The fraction of sp³-hybridized carbons (Fsp3) is 0.400. The highest BCUT2D eigenvalue weighted by molar-refractivity contribution is 6.27. The highest BCUT2D eigenvalue weighted by Gasteiger charge is 2.17. The Hall–Kier alpha value is -2.81. The second-order valence-corrected chi connectivity index (χ2v) is 4.63. The van der Waals surface area contributed by atoms with Crippen LogP contribution in [0.25, 0.3) is 0 Å². The molecule has 0 amide bonds. The number of aliphatic carboxylic acids is 2. The molecule has 1 unspecified atom stereocenters. The van der Waals surface area contributed by atoms with Crippen LogP contribution in [0.1, 0.15) is 24.9 Å². The molecule has 1 atom stereocenters. The van der Waals surface area contributed by atoms with Crippen LogP contribution in [0.4, 0.5) is 0 Å². The van der Waals surface area contributed by atoms with Crippen molar-refractivity contribution in [2.75, 3.05) is 19.8 Å². The van der Waals surface area contributed by atoms with E-state index in [0.29, 0.717) is 31.3 Å². The van der Waals surface area contributed by atoms with Gasteiger partial charge in [0.25, 0.3) is 0 Å². The number of carboxylic acid groups (broad SMARTS) is 2. The first-order chi connectivity index (χ1) is 11.3. The van der Waals surface area contributed by atoms with E-state index in [0.717, 1.165) is 5.56 Å². The number of hydrogen-bond donors (Lipinski definition) is 3. The van der Waals surface area contributed by atoms with Crippen LogP contribution in [0.2, 0.25) is 0 Å². The van der Waals surface area contributed by atoms with Gasteiger partial charge in [0.05, 0.1) is 13.0 Å². The van der Waals surface area contributed by atoms with Gasteiger partial charge in [-0.1, -0.05) is 6.07 Å². The molecule has 1 aromatic carbocycles. The highest BCUT2D eigenvalue weighted by Crippen LogP contribution is 2.32. The predicted octanol–water partition coefficient (Wildman–Crippen LogP) is 0.566. The molecule has 2 rings (SSSR count). The van der Waals surface area contributed by atoms with Crippen LogP contribution >= 0.6 is 0 Å². The lowest BCUT2D eigenvalue weighted by molar-refractivity contribution is -0.159. The Kier molecular flexibility index (Phi) is 7.50. The third-order valence-electron chi connectivity index (χ3n) is 2.87. The second-order valence-electron chi connectivity index (χ2n) is 4.63. The Labute approximate surface area is 137 Å². The van der Waals surface area contributed by atoms with Gasteiger partial charge < -0.3 is 30.2 Å². The van der Waals surface area contributed by atoms with Crippen molar-refractivity contribution in [3.05, 3.63) is 23.8 Å². The number of carboxylic acids is 2. The summed E-state index contributed by atoms with van der Waals surface area (Å²) in [7, 11) is 0. The molecule has 0 spiro atoms. The summed E-state index contributed by atoms with van der Waals surface area (Å²) in [5.74, 6) is -2.55. The van der Waals surface area contributed by atoms with Gasteiger partial charge in [0.1, 0.15) is 13.2 Å². The molecule has 132 valence electrons. The maximum atomic E-state index is 11.4. The number of rotatable bonds is 4. The zero-order chi connectivity index (χ0) is 18.1. The summed E-state index contributed by atoms with van der Waals surface area (Å²) in [6, 6.07) is 5.09. The maximum Gasteiger partial charge on any atom is 0.414 e. The lowest BCUT2D eigenvalue weighted by Crippen LogP contribution is -2.19. The molecule has 24 heavy (non-hydrogen) atoms. The first kappa shape index (κ1) is 19.2. The molecular weight excluding hydrogens is 322 g/mol. The van der Waals surface area contributed by atoms with Crippen molar-refractivity contribution in [3.63, 3.8) is 0 Å². The second kappa shape index (κ2) is 9.36. The van der Waals surface area contributed by atoms with E-state index in [4.69, 9.17) is 39.7 Å². The molecular formula is C15H19NO8. The third kappa shape index (κ3) is 6.13. The molecule has 0 bridgehead atoms. The Morgan fingerprint density at radius 1 is 1.17 bits per heavy atom. The van der Waals surface area contributed by atoms with Crippen LogP contribution in [0.3, 0.4) is 0 Å². The summed E-state index contributed by atoms with van der Waals surface area (Å²) in [5, 5.41) is 14.8. The first-order valence-corrected chi connectivity index (χ1v) is 7.12. The number of hydrogen-bond acceptors (Lipinski definition) is 7. The van der Waals surface area contributed by atoms with Crippen molar-refractivity contribution in [2.24, 2.45) is 5.73 Å². The molecule has 0 fully saturated rings. The van der Waals surface area contributed by atoms with Crippen LogP contribution in [-0.2, 0) is 19.1 Å². The van der Waals surface area contributed by atoms with Crippen molar-refractivity contribution in [1.82, 2.24) is 0 Å². The van der Waals surface area contributed by atoms with Crippen LogP contribution in [-0.4, -0.2) is 47.9 Å². The van der Waals surface area contributed by atoms with Crippen molar-refractivity contribution in [1.29, 1.82) is 0 Å². The largest absolute Gasteiger partial charge is 0.486 e. The zero-order valence-corrected chi connectivity index (χ0v) is 13.1. The smallest absolute Gasteiger partial charge is 0.414 e. The van der Waals surface area contributed by atoms with E-state index in [1.165, 1.54) is 0 Å². The zero-order valence-electron chi connectivity index (χ0n) is 13.1. The van der Waals surface area contributed by atoms with Crippen LogP contribution in [0, 0.1) is 0 Å². The molecule has 1 heterocycles. The topological polar surface area (TPSA) is 145 Å². The molecule has 0 saturated heterocycles. The summed E-state index contributed by atoms with van der Waals surface area (Å²) in [6.45, 7) is 3.23. The van der Waals surface area contributed by atoms with Crippen molar-refractivity contribution >= 4 is 17.9 Å². The van der Waals surface area contributed by atoms with E-state index in [1.54, 1.807) is 6.92 Å². The summed E-state index contributed by atoms with van der Waals surface area (Å²) in [6.07, 6.45) is 0.160. The maximum absolute atomic E-state index is 11.4. The van der Waals surface area contributed by atoms with Gasteiger partial charge in [0, 0.05) is 6.04 Å². The first-order valence-electron chi connectivity index (χ1n) is 7.12. The summed E-state index contributed by atoms with van der Waals surface area (Å²) in [4.78, 5) is 29.6. The quantitative estimate of drug-likeness (QED) is 0.528. The molecule has 1 aromatic rings. The van der Waals surface area contributed by atoms with Gasteiger partial charge in [-0.05, 0) is 24.6 Å². The van der Waals surface area contributed by atoms with Gasteiger partial charge in [-0.25, -0.2) is 9.59 Å². The fourth-order valence-electron chi connectivity index (χ4n) is 1.81. The van der Waals surface area contributed by atoms with Crippen LogP contribution < -0.4 is 15.2 Å². The Bertz CT molecular complexity index is 589. The van der Waals surface area contributed by atoms with Gasteiger partial charge in [0.15, 0.2) is 11.5 Å². The molecule has 0 radical (unpaired) electrons. The number of fused-ring (bicyclic) bond motifs is 1. The summed E-state index contributed by atoms with van der Waals surface area (Å²) < 4.78 is 15.8. The number of carbonyl (C=O) groups excluding carboxylic acids is 1. The molecule has 9 heteroatoms. The molecule has 0 saturated carbocycles. The minimum atomic E-state index is -1.82. The van der Waals surface area contributed by atoms with Gasteiger partial charge >= 0.3 is 17.9 Å². The molecule has 0 aromatic heterocycles. The third-order valence-corrected chi connectivity index (χ3v) is 2.87. The van der Waals surface area contributed by atoms with E-state index in [-0.39, 0.29) is 18.4 Å². The summed E-state index contributed by atoms with van der Waals surface area (Å²) in [5.41, 5.74) is 6.80. The summed E-state index contributed by atoms with van der Waals surface area (Å²) >= 11 is 0. The van der Waals surface area contributed by atoms with Crippen LogP contribution in [0.5, 0.6) is 11.5 Å². The number of esters is 1. The predicted molar refractivity (Wildman–Crippen MR) is 80.9 cm³/mol. The van der Waals surface area contributed by atoms with Crippen LogP contribution in [0.15, 0.2) is 18.2 Å². The average Bonchev–Trinajstić information content (AvgIpc) is 2.55. The van der Waals surface area contributed by atoms with E-state index >= 15 is 0 Å². The molecule has 4 N–H and O–H groups in total. The molecule has 9 nitrogen and oxygen atoms in total. The van der Waals surface area contributed by atoms with Gasteiger partial charge in [-0.2, -0.15) is 0 Å². The highest BCUT2D eigenvalue weighted by atomic mass is 16.6. The van der Waals surface area contributed by atoms with Crippen molar-refractivity contribution in [2.45, 2.75) is 19.4 Å². The van der Waals surface area contributed by atoms with E-state index in [2.05, 4.69) is 0 Å². The number of ether oxygens (including phenoxy) is 3. The van der Waals surface area contributed by atoms with Crippen molar-refractivity contribution < 1.29 is 38.8 Å². The molecule has 1 aliphatic heterocycles. The van der Waals surface area contributed by atoms with E-state index in [1.807, 2.05) is 18.2 Å². The normalized spacial score (nSPS) is 13.1.